The molecule has 180 valence electrons. The van der Waals surface area contributed by atoms with Crippen molar-refractivity contribution >= 4 is 29.1 Å². The SMILES string of the molecule is O=C(COc1ccc(Cl)c(F)c1)N[C@H]1CC[C@H](c2nnc(COc3ccc(Cl)c(F)c3)o2)CC1. The second-order valence-electron chi connectivity index (χ2n) is 7.88. The Morgan fingerprint density at radius 3 is 2.21 bits per heavy atom. The number of ether oxygens (including phenoxy) is 2. The fourth-order valence-corrected chi connectivity index (χ4v) is 3.91. The van der Waals surface area contributed by atoms with Crippen LogP contribution in [0.5, 0.6) is 11.5 Å². The molecule has 0 bridgehead atoms. The molecule has 1 amide bonds. The predicted octanol–water partition coefficient (Wildman–Crippen LogP) is 5.46. The summed E-state index contributed by atoms with van der Waals surface area (Å²) in [5, 5.41) is 11.0. The van der Waals surface area contributed by atoms with Crippen molar-refractivity contribution in [3.05, 3.63) is 69.9 Å². The first-order chi connectivity index (χ1) is 16.4. The summed E-state index contributed by atoms with van der Waals surface area (Å²) in [5.74, 6) is -0.0333. The molecule has 1 N–H and O–H groups in total. The standard InChI is InChI=1S/C23H21Cl2F2N3O4/c24-17-7-5-15(9-19(17)26)32-11-21(31)28-14-3-1-13(2-4-14)23-30-29-22(34-23)12-33-16-6-8-18(25)20(27)10-16/h5-10,13-14H,1-4,11-12H2,(H,28,31)/t13-,14-. The Morgan fingerprint density at radius 2 is 1.59 bits per heavy atom. The molecule has 1 aliphatic carbocycles. The van der Waals surface area contributed by atoms with Crippen LogP contribution in [0.1, 0.15) is 43.4 Å². The van der Waals surface area contributed by atoms with E-state index < -0.39 is 11.6 Å². The average Bonchev–Trinajstić information content (AvgIpc) is 3.30. The molecule has 2 aromatic carbocycles. The summed E-state index contributed by atoms with van der Waals surface area (Å²) in [4.78, 5) is 12.2. The fourth-order valence-electron chi connectivity index (χ4n) is 3.67. The van der Waals surface area contributed by atoms with Gasteiger partial charge in [0, 0.05) is 24.1 Å². The zero-order valence-electron chi connectivity index (χ0n) is 17.9. The summed E-state index contributed by atoms with van der Waals surface area (Å²) in [7, 11) is 0. The third kappa shape index (κ3) is 6.36. The van der Waals surface area contributed by atoms with Gasteiger partial charge >= 0.3 is 0 Å². The molecule has 7 nitrogen and oxygen atoms in total. The third-order valence-electron chi connectivity index (χ3n) is 5.44. The van der Waals surface area contributed by atoms with Gasteiger partial charge in [0.1, 0.15) is 23.1 Å². The second-order valence-corrected chi connectivity index (χ2v) is 8.69. The van der Waals surface area contributed by atoms with Crippen molar-refractivity contribution in [3.8, 4) is 11.5 Å². The first-order valence-corrected chi connectivity index (χ1v) is 11.4. The maximum Gasteiger partial charge on any atom is 0.258 e. The van der Waals surface area contributed by atoms with Gasteiger partial charge in [-0.05, 0) is 49.9 Å². The van der Waals surface area contributed by atoms with Gasteiger partial charge in [-0.1, -0.05) is 23.2 Å². The Bertz CT molecular complexity index is 1150. The van der Waals surface area contributed by atoms with Crippen molar-refractivity contribution in [3.63, 3.8) is 0 Å². The Hall–Kier alpha value is -2.91. The van der Waals surface area contributed by atoms with Crippen molar-refractivity contribution in [1.29, 1.82) is 0 Å². The van der Waals surface area contributed by atoms with E-state index in [2.05, 4.69) is 15.5 Å². The van der Waals surface area contributed by atoms with E-state index in [1.165, 1.54) is 24.3 Å². The van der Waals surface area contributed by atoms with Crippen molar-refractivity contribution in [2.45, 2.75) is 44.2 Å². The molecule has 0 aliphatic heterocycles. The van der Waals surface area contributed by atoms with Gasteiger partial charge in [-0.25, -0.2) is 8.78 Å². The van der Waals surface area contributed by atoms with E-state index >= 15 is 0 Å². The van der Waals surface area contributed by atoms with Crippen LogP contribution in [0.3, 0.4) is 0 Å². The number of halogens is 4. The van der Waals surface area contributed by atoms with Gasteiger partial charge in [-0.2, -0.15) is 0 Å². The molecule has 0 radical (unpaired) electrons. The van der Waals surface area contributed by atoms with Crippen molar-refractivity contribution < 1.29 is 27.5 Å². The topological polar surface area (TPSA) is 86.5 Å². The van der Waals surface area contributed by atoms with Gasteiger partial charge in [0.15, 0.2) is 13.2 Å². The monoisotopic (exact) mass is 511 g/mol. The average molecular weight is 512 g/mol. The van der Waals surface area contributed by atoms with Gasteiger partial charge in [0.25, 0.3) is 11.8 Å². The van der Waals surface area contributed by atoms with Gasteiger partial charge in [-0.15, -0.1) is 10.2 Å². The molecular weight excluding hydrogens is 491 g/mol. The Morgan fingerprint density at radius 1 is 0.971 bits per heavy atom. The Labute approximate surface area is 204 Å². The number of benzene rings is 2. The second kappa shape index (κ2) is 11.0. The summed E-state index contributed by atoms with van der Waals surface area (Å²) >= 11 is 11.3. The van der Waals surface area contributed by atoms with E-state index in [0.717, 1.165) is 31.7 Å². The summed E-state index contributed by atoms with van der Waals surface area (Å²) in [6.07, 6.45) is 3.01. The van der Waals surface area contributed by atoms with Crippen LogP contribution < -0.4 is 14.8 Å². The lowest BCUT2D eigenvalue weighted by Gasteiger charge is -2.27. The smallest absolute Gasteiger partial charge is 0.258 e. The highest BCUT2D eigenvalue weighted by Crippen LogP contribution is 2.32. The van der Waals surface area contributed by atoms with Crippen LogP contribution in [0.15, 0.2) is 40.8 Å². The lowest BCUT2D eigenvalue weighted by molar-refractivity contribution is -0.124. The molecule has 1 heterocycles. The maximum absolute atomic E-state index is 13.5. The number of rotatable bonds is 8. The zero-order valence-corrected chi connectivity index (χ0v) is 19.4. The molecule has 0 atom stereocenters. The molecular formula is C23H21Cl2F2N3O4. The first kappa shape index (κ1) is 24.2. The molecule has 1 saturated carbocycles. The number of carbonyl (C=O) groups is 1. The van der Waals surface area contributed by atoms with Gasteiger partial charge in [0.2, 0.25) is 5.89 Å². The minimum atomic E-state index is -0.604. The van der Waals surface area contributed by atoms with E-state index in [0.29, 0.717) is 11.6 Å². The normalized spacial score (nSPS) is 17.9. The quantitative estimate of drug-likeness (QED) is 0.432. The first-order valence-electron chi connectivity index (χ1n) is 10.6. The summed E-state index contributed by atoms with van der Waals surface area (Å²) in [5.41, 5.74) is 0. The number of carbonyl (C=O) groups excluding carboxylic acids is 1. The fraction of sp³-hybridized carbons (Fsp3) is 0.348. The highest BCUT2D eigenvalue weighted by molar-refractivity contribution is 6.31. The van der Waals surface area contributed by atoms with E-state index in [9.17, 15) is 13.6 Å². The molecule has 4 rings (SSSR count). The molecule has 1 aromatic heterocycles. The van der Waals surface area contributed by atoms with E-state index in [1.54, 1.807) is 6.07 Å². The highest BCUT2D eigenvalue weighted by Gasteiger charge is 2.27. The summed E-state index contributed by atoms with van der Waals surface area (Å²) in [6, 6.07) is 8.16. The van der Waals surface area contributed by atoms with Crippen molar-refractivity contribution in [2.24, 2.45) is 0 Å². The number of hydrogen-bond donors (Lipinski definition) is 1. The van der Waals surface area contributed by atoms with Crippen LogP contribution in [0, 0.1) is 11.6 Å². The van der Waals surface area contributed by atoms with Crippen LogP contribution in [0.25, 0.3) is 0 Å². The molecule has 1 aliphatic rings. The summed E-state index contributed by atoms with van der Waals surface area (Å²) in [6.45, 7) is -0.206. The number of amides is 1. The van der Waals surface area contributed by atoms with Crippen LogP contribution in [-0.2, 0) is 11.4 Å². The van der Waals surface area contributed by atoms with Crippen molar-refractivity contribution in [1.82, 2.24) is 15.5 Å². The Kier molecular flexibility index (Phi) is 7.84. The molecule has 34 heavy (non-hydrogen) atoms. The van der Waals surface area contributed by atoms with Crippen molar-refractivity contribution in [2.75, 3.05) is 6.61 Å². The van der Waals surface area contributed by atoms with E-state index in [1.807, 2.05) is 0 Å². The lowest BCUT2D eigenvalue weighted by Crippen LogP contribution is -2.39. The van der Waals surface area contributed by atoms with Gasteiger partial charge < -0.3 is 19.2 Å². The third-order valence-corrected chi connectivity index (χ3v) is 6.05. The number of aromatic nitrogens is 2. The predicted molar refractivity (Wildman–Crippen MR) is 120 cm³/mol. The van der Waals surface area contributed by atoms with Crippen LogP contribution in [-0.4, -0.2) is 28.8 Å². The highest BCUT2D eigenvalue weighted by atomic mass is 35.5. The van der Waals surface area contributed by atoms with E-state index in [4.69, 9.17) is 37.1 Å². The van der Waals surface area contributed by atoms with Gasteiger partial charge in [0.05, 0.1) is 10.0 Å². The number of nitrogens with one attached hydrogen (secondary N) is 1. The Balaban J connectivity index is 1.20. The van der Waals surface area contributed by atoms with Gasteiger partial charge in [-0.3, -0.25) is 4.79 Å². The minimum Gasteiger partial charge on any atom is -0.484 e. The molecule has 1 fully saturated rings. The number of hydrogen-bond acceptors (Lipinski definition) is 6. The summed E-state index contributed by atoms with van der Waals surface area (Å²) < 4.78 is 43.4. The largest absolute Gasteiger partial charge is 0.484 e. The molecule has 0 spiro atoms. The maximum atomic E-state index is 13.5. The van der Waals surface area contributed by atoms with Crippen LogP contribution in [0.2, 0.25) is 10.0 Å². The van der Waals surface area contributed by atoms with E-state index in [-0.39, 0.29) is 52.8 Å². The molecule has 11 heteroatoms. The molecule has 0 unspecified atom stereocenters. The molecule has 3 aromatic rings. The van der Waals surface area contributed by atoms with Crippen LogP contribution in [0.4, 0.5) is 8.78 Å². The lowest BCUT2D eigenvalue weighted by atomic mass is 9.86. The minimum absolute atomic E-state index is 0.000157. The molecule has 0 saturated heterocycles. The zero-order chi connectivity index (χ0) is 24.1. The van der Waals surface area contributed by atoms with Crippen LogP contribution >= 0.6 is 23.2 Å². The number of nitrogens with zero attached hydrogens (tertiary/aromatic N) is 2.